The summed E-state index contributed by atoms with van der Waals surface area (Å²) in [7, 11) is 3.65. The number of likely N-dealkylation sites (tertiary alicyclic amines) is 1. The quantitative estimate of drug-likeness (QED) is 0.893. The van der Waals surface area contributed by atoms with Crippen molar-refractivity contribution in [3.63, 3.8) is 0 Å². The second kappa shape index (κ2) is 7.50. The zero-order valence-electron chi connectivity index (χ0n) is 16.1. The third-order valence-corrected chi connectivity index (χ3v) is 5.11. The number of likely N-dealkylation sites (N-methyl/N-ethyl adjacent to an activating group) is 1. The van der Waals surface area contributed by atoms with Gasteiger partial charge >= 0.3 is 0 Å². The number of para-hydroxylation sites is 1. The molecule has 1 aromatic carbocycles. The topological polar surface area (TPSA) is 61.6 Å². The molecule has 0 bridgehead atoms. The number of aromatic nitrogens is 1. The number of nitrogens with one attached hydrogen (secondary N) is 1. The third-order valence-electron chi connectivity index (χ3n) is 5.11. The smallest absolute Gasteiger partial charge is 0.249 e. The first-order chi connectivity index (χ1) is 12.4. The molecule has 26 heavy (non-hydrogen) atoms. The van der Waals surface area contributed by atoms with Crippen LogP contribution in [0.4, 0.5) is 5.69 Å². The maximum Gasteiger partial charge on any atom is 0.249 e. The van der Waals surface area contributed by atoms with Crippen LogP contribution < -0.4 is 5.32 Å². The Balaban J connectivity index is 1.85. The van der Waals surface area contributed by atoms with Crippen molar-refractivity contribution in [2.75, 3.05) is 32.5 Å². The Morgan fingerprint density at radius 2 is 2.04 bits per heavy atom. The number of benzene rings is 1. The Hall–Kier alpha value is -2.34. The largest absolute Gasteiger partial charge is 0.370 e. The molecule has 140 valence electrons. The van der Waals surface area contributed by atoms with E-state index in [1.54, 1.807) is 4.90 Å². The predicted molar refractivity (Wildman–Crippen MR) is 102 cm³/mol. The normalized spacial score (nSPS) is 20.8. The highest BCUT2D eigenvalue weighted by molar-refractivity contribution is 5.89. The van der Waals surface area contributed by atoms with Gasteiger partial charge < -0.3 is 14.7 Å². The highest BCUT2D eigenvalue weighted by Crippen LogP contribution is 2.29. The van der Waals surface area contributed by atoms with Gasteiger partial charge in [0, 0.05) is 38.4 Å². The highest BCUT2D eigenvalue weighted by atomic mass is 16.5. The first-order valence-electron chi connectivity index (χ1n) is 9.10. The van der Waals surface area contributed by atoms with Crippen LogP contribution in [0.5, 0.6) is 0 Å². The van der Waals surface area contributed by atoms with Gasteiger partial charge in [0.2, 0.25) is 5.91 Å². The molecule has 6 nitrogen and oxygen atoms in total. The monoisotopic (exact) mass is 356 g/mol. The number of amides is 1. The highest BCUT2D eigenvalue weighted by Gasteiger charge is 2.43. The third kappa shape index (κ3) is 3.75. The van der Waals surface area contributed by atoms with Gasteiger partial charge in [0.25, 0.3) is 0 Å². The molecule has 6 heteroatoms. The molecule has 0 saturated carbocycles. The van der Waals surface area contributed by atoms with Crippen molar-refractivity contribution in [2.45, 2.75) is 38.8 Å². The molecule has 1 amide bonds. The minimum Gasteiger partial charge on any atom is -0.370 e. The Bertz CT molecular complexity index is 737. The summed E-state index contributed by atoms with van der Waals surface area (Å²) < 4.78 is 5.30. The summed E-state index contributed by atoms with van der Waals surface area (Å²) in [6.07, 6.45) is 1.78. The molecular formula is C20H28N4O2. The minimum atomic E-state index is -0.623. The average molecular weight is 356 g/mol. The number of hydrogen-bond donors (Lipinski definition) is 1. The molecule has 0 spiro atoms. The fourth-order valence-electron chi connectivity index (χ4n) is 3.79. The standard InChI is InChI=1S/C20H28N4O2/c1-15-18(16(2)26-22-15)13-24-12-8-11-20(14-24,19(25)23(3)4)21-17-9-6-5-7-10-17/h5-7,9-10,21H,8,11-14H2,1-4H3. The van der Waals surface area contributed by atoms with Crippen LogP contribution in [0.25, 0.3) is 0 Å². The van der Waals surface area contributed by atoms with E-state index < -0.39 is 5.54 Å². The van der Waals surface area contributed by atoms with Crippen LogP contribution in [0.2, 0.25) is 0 Å². The molecule has 0 radical (unpaired) electrons. The lowest BCUT2D eigenvalue weighted by atomic mass is 9.86. The van der Waals surface area contributed by atoms with E-state index in [1.807, 2.05) is 58.3 Å². The molecule has 1 saturated heterocycles. The molecule has 1 aliphatic heterocycles. The Kier molecular flexibility index (Phi) is 5.32. The van der Waals surface area contributed by atoms with E-state index in [4.69, 9.17) is 4.52 Å². The molecule has 1 unspecified atom stereocenters. The van der Waals surface area contributed by atoms with Crippen molar-refractivity contribution in [1.82, 2.24) is 15.0 Å². The van der Waals surface area contributed by atoms with E-state index in [0.717, 1.165) is 48.6 Å². The van der Waals surface area contributed by atoms with E-state index in [1.165, 1.54) is 0 Å². The molecule has 2 aromatic rings. The Labute approximate surface area is 155 Å². The number of hydrogen-bond acceptors (Lipinski definition) is 5. The van der Waals surface area contributed by atoms with Crippen molar-refractivity contribution in [1.29, 1.82) is 0 Å². The van der Waals surface area contributed by atoms with E-state index in [0.29, 0.717) is 6.54 Å². The van der Waals surface area contributed by atoms with E-state index in [9.17, 15) is 4.79 Å². The number of piperidine rings is 1. The van der Waals surface area contributed by atoms with Crippen LogP contribution in [0, 0.1) is 13.8 Å². The summed E-state index contributed by atoms with van der Waals surface area (Å²) in [4.78, 5) is 17.1. The zero-order chi connectivity index (χ0) is 18.7. The summed E-state index contributed by atoms with van der Waals surface area (Å²) in [5, 5.41) is 7.60. The lowest BCUT2D eigenvalue weighted by Gasteiger charge is -2.44. The molecule has 2 heterocycles. The van der Waals surface area contributed by atoms with Gasteiger partial charge in [-0.15, -0.1) is 0 Å². The summed E-state index contributed by atoms with van der Waals surface area (Å²) in [6.45, 7) is 6.28. The summed E-state index contributed by atoms with van der Waals surface area (Å²) in [5.41, 5.74) is 2.40. The number of nitrogens with zero attached hydrogens (tertiary/aromatic N) is 3. The van der Waals surface area contributed by atoms with E-state index >= 15 is 0 Å². The second-order valence-corrected chi connectivity index (χ2v) is 7.39. The van der Waals surface area contributed by atoms with Crippen LogP contribution in [0.3, 0.4) is 0 Å². The molecule has 1 atom stereocenters. The fraction of sp³-hybridized carbons (Fsp3) is 0.500. The van der Waals surface area contributed by atoms with Crippen molar-refractivity contribution in [2.24, 2.45) is 0 Å². The number of carbonyl (C=O) groups is 1. The molecule has 0 aliphatic carbocycles. The Morgan fingerprint density at radius 3 is 2.65 bits per heavy atom. The molecular weight excluding hydrogens is 328 g/mol. The summed E-state index contributed by atoms with van der Waals surface area (Å²) in [6, 6.07) is 9.98. The SMILES string of the molecule is Cc1noc(C)c1CN1CCCC(Nc2ccccc2)(C(=O)N(C)C)C1. The second-order valence-electron chi connectivity index (χ2n) is 7.39. The van der Waals surface area contributed by atoms with Gasteiger partial charge in [-0.25, -0.2) is 0 Å². The van der Waals surface area contributed by atoms with Crippen LogP contribution in [0.1, 0.15) is 29.9 Å². The van der Waals surface area contributed by atoms with Gasteiger partial charge in [-0.1, -0.05) is 23.4 Å². The van der Waals surface area contributed by atoms with Gasteiger partial charge in [0.05, 0.1) is 5.69 Å². The number of rotatable bonds is 5. The van der Waals surface area contributed by atoms with Gasteiger partial charge in [-0.2, -0.15) is 0 Å². The maximum atomic E-state index is 13.1. The molecule has 3 rings (SSSR count). The van der Waals surface area contributed by atoms with E-state index in [2.05, 4.69) is 15.4 Å². The minimum absolute atomic E-state index is 0.116. The molecule has 1 fully saturated rings. The summed E-state index contributed by atoms with van der Waals surface area (Å²) in [5.74, 6) is 0.971. The predicted octanol–water partition coefficient (Wildman–Crippen LogP) is 2.83. The van der Waals surface area contributed by atoms with Crippen LogP contribution >= 0.6 is 0 Å². The summed E-state index contributed by atoms with van der Waals surface area (Å²) >= 11 is 0. The molecule has 1 aromatic heterocycles. The number of anilines is 1. The van der Waals surface area contributed by atoms with Crippen LogP contribution in [-0.2, 0) is 11.3 Å². The average Bonchev–Trinajstić information content (AvgIpc) is 2.94. The Morgan fingerprint density at radius 1 is 1.31 bits per heavy atom. The lowest BCUT2D eigenvalue weighted by Crippen LogP contribution is -2.61. The molecule has 1 N–H and O–H groups in total. The van der Waals surface area contributed by atoms with Gasteiger partial charge in [-0.3, -0.25) is 9.69 Å². The first-order valence-corrected chi connectivity index (χ1v) is 9.10. The first kappa shape index (κ1) is 18.5. The van der Waals surface area contributed by atoms with Crippen molar-refractivity contribution < 1.29 is 9.32 Å². The number of aryl methyl sites for hydroxylation is 2. The zero-order valence-corrected chi connectivity index (χ0v) is 16.1. The van der Waals surface area contributed by atoms with E-state index in [-0.39, 0.29) is 5.91 Å². The maximum absolute atomic E-state index is 13.1. The van der Waals surface area contributed by atoms with Gasteiger partial charge in [0.15, 0.2) is 0 Å². The van der Waals surface area contributed by atoms with Crippen molar-refractivity contribution >= 4 is 11.6 Å². The van der Waals surface area contributed by atoms with Gasteiger partial charge in [0.1, 0.15) is 11.3 Å². The van der Waals surface area contributed by atoms with Crippen molar-refractivity contribution in [3.05, 3.63) is 47.3 Å². The van der Waals surface area contributed by atoms with Gasteiger partial charge in [-0.05, 0) is 45.4 Å². The van der Waals surface area contributed by atoms with Crippen LogP contribution in [-0.4, -0.2) is 53.6 Å². The van der Waals surface area contributed by atoms with Crippen LogP contribution in [0.15, 0.2) is 34.9 Å². The lowest BCUT2D eigenvalue weighted by molar-refractivity contribution is -0.135. The van der Waals surface area contributed by atoms with Crippen molar-refractivity contribution in [3.8, 4) is 0 Å². The molecule has 1 aliphatic rings. The number of carbonyl (C=O) groups excluding carboxylic acids is 1. The fourth-order valence-corrected chi connectivity index (χ4v) is 3.79.